The van der Waals surface area contributed by atoms with Gasteiger partial charge >= 0.3 is 0 Å². The number of benzene rings is 2. The second kappa shape index (κ2) is 9.21. The van der Waals surface area contributed by atoms with E-state index < -0.39 is 10.0 Å². The van der Waals surface area contributed by atoms with E-state index in [0.29, 0.717) is 25.3 Å². The van der Waals surface area contributed by atoms with Crippen molar-refractivity contribution in [1.82, 2.24) is 9.62 Å². The predicted molar refractivity (Wildman–Crippen MR) is 107 cm³/mol. The molecule has 2 aromatic carbocycles. The van der Waals surface area contributed by atoms with Gasteiger partial charge in [-0.15, -0.1) is 0 Å². The highest BCUT2D eigenvalue weighted by molar-refractivity contribution is 7.89. The Hall–Kier alpha value is -2.09. The van der Waals surface area contributed by atoms with Crippen LogP contribution in [-0.4, -0.2) is 46.1 Å². The summed E-state index contributed by atoms with van der Waals surface area (Å²) in [5.41, 5.74) is 7.17. The number of nitrogen functional groups attached to an aromatic ring is 1. The van der Waals surface area contributed by atoms with Crippen molar-refractivity contribution in [2.24, 2.45) is 0 Å². The highest BCUT2D eigenvalue weighted by Gasteiger charge is 2.13. The molecule has 1 fully saturated rings. The van der Waals surface area contributed by atoms with Gasteiger partial charge in [0.05, 0.1) is 4.90 Å². The number of nitrogens with one attached hydrogen (secondary N) is 1. The number of nitrogens with zero attached hydrogens (tertiary/aromatic N) is 1. The molecule has 3 N–H and O–H groups in total. The van der Waals surface area contributed by atoms with Gasteiger partial charge in [0.1, 0.15) is 12.4 Å². The molecule has 0 amide bonds. The number of nitrogens with two attached hydrogens (primary N) is 1. The molecule has 0 aromatic heterocycles. The minimum Gasteiger partial charge on any atom is -0.492 e. The smallest absolute Gasteiger partial charge is 0.240 e. The average Bonchev–Trinajstić information content (AvgIpc) is 3.16. The summed E-state index contributed by atoms with van der Waals surface area (Å²) in [6.07, 6.45) is 3.15. The summed E-state index contributed by atoms with van der Waals surface area (Å²) in [5.74, 6) is 0.827. The van der Waals surface area contributed by atoms with Crippen molar-refractivity contribution < 1.29 is 13.2 Å². The monoisotopic (exact) mass is 389 g/mol. The zero-order valence-corrected chi connectivity index (χ0v) is 16.2. The number of ether oxygens (including phenoxy) is 1. The predicted octanol–water partition coefficient (Wildman–Crippen LogP) is 2.26. The fraction of sp³-hybridized carbons (Fsp3) is 0.400. The number of rotatable bonds is 9. The Labute approximate surface area is 161 Å². The highest BCUT2D eigenvalue weighted by atomic mass is 32.2. The van der Waals surface area contributed by atoms with E-state index in [2.05, 4.69) is 9.62 Å². The maximum absolute atomic E-state index is 12.3. The number of hydrogen-bond acceptors (Lipinski definition) is 5. The molecule has 1 heterocycles. The molecule has 0 saturated carbocycles. The lowest BCUT2D eigenvalue weighted by molar-refractivity contribution is 0.237. The first kappa shape index (κ1) is 19.7. The second-order valence-electron chi connectivity index (χ2n) is 6.76. The van der Waals surface area contributed by atoms with Crippen LogP contribution in [0.25, 0.3) is 0 Å². The molecule has 7 heteroatoms. The van der Waals surface area contributed by atoms with Crippen molar-refractivity contribution in [2.75, 3.05) is 38.5 Å². The van der Waals surface area contributed by atoms with Crippen molar-refractivity contribution in [3.63, 3.8) is 0 Å². The van der Waals surface area contributed by atoms with Crippen LogP contribution in [0.1, 0.15) is 18.4 Å². The van der Waals surface area contributed by atoms with E-state index in [1.54, 1.807) is 12.1 Å². The van der Waals surface area contributed by atoms with Gasteiger partial charge in [0.2, 0.25) is 10.0 Å². The quantitative estimate of drug-likeness (QED) is 0.643. The van der Waals surface area contributed by atoms with Crippen LogP contribution in [0.4, 0.5) is 5.69 Å². The number of sulfonamides is 1. The molecule has 1 saturated heterocycles. The lowest BCUT2D eigenvalue weighted by Crippen LogP contribution is -2.26. The van der Waals surface area contributed by atoms with E-state index in [-0.39, 0.29) is 4.90 Å². The van der Waals surface area contributed by atoms with E-state index in [0.717, 1.165) is 30.9 Å². The Balaban J connectivity index is 1.47. The molecular formula is C20H27N3O3S. The molecule has 1 aliphatic rings. The molecule has 1 aliphatic heterocycles. The van der Waals surface area contributed by atoms with Crippen LogP contribution >= 0.6 is 0 Å². The van der Waals surface area contributed by atoms with Gasteiger partial charge in [0, 0.05) is 18.8 Å². The summed E-state index contributed by atoms with van der Waals surface area (Å²) in [6.45, 7) is 4.28. The Morgan fingerprint density at radius 2 is 1.81 bits per heavy atom. The van der Waals surface area contributed by atoms with Crippen molar-refractivity contribution in [1.29, 1.82) is 0 Å². The first-order valence-electron chi connectivity index (χ1n) is 9.32. The summed E-state index contributed by atoms with van der Waals surface area (Å²) in [6, 6.07) is 14.0. The Kier molecular flexibility index (Phi) is 6.71. The molecule has 2 aromatic rings. The highest BCUT2D eigenvalue weighted by Crippen LogP contribution is 2.15. The molecule has 0 atom stereocenters. The SMILES string of the molecule is Nc1ccc(S(=O)(=O)NCCc2cccc(OCCN3CCCC3)c2)cc1. The third-order valence-electron chi connectivity index (χ3n) is 4.67. The Morgan fingerprint density at radius 3 is 2.56 bits per heavy atom. The second-order valence-corrected chi connectivity index (χ2v) is 8.53. The number of anilines is 1. The summed E-state index contributed by atoms with van der Waals surface area (Å²) in [4.78, 5) is 2.63. The van der Waals surface area contributed by atoms with E-state index in [9.17, 15) is 8.42 Å². The first-order valence-corrected chi connectivity index (χ1v) is 10.8. The molecule has 0 radical (unpaired) electrons. The van der Waals surface area contributed by atoms with E-state index in [1.807, 2.05) is 24.3 Å². The van der Waals surface area contributed by atoms with Gasteiger partial charge < -0.3 is 10.5 Å². The fourth-order valence-electron chi connectivity index (χ4n) is 3.15. The normalized spacial score (nSPS) is 15.1. The van der Waals surface area contributed by atoms with Gasteiger partial charge in [-0.3, -0.25) is 4.90 Å². The van der Waals surface area contributed by atoms with Gasteiger partial charge in [-0.1, -0.05) is 12.1 Å². The lowest BCUT2D eigenvalue weighted by atomic mass is 10.1. The summed E-state index contributed by atoms with van der Waals surface area (Å²) in [5, 5.41) is 0. The van der Waals surface area contributed by atoms with Crippen LogP contribution in [0.2, 0.25) is 0 Å². The first-order chi connectivity index (χ1) is 13.0. The number of hydrogen-bond donors (Lipinski definition) is 2. The molecule has 146 valence electrons. The van der Waals surface area contributed by atoms with Crippen LogP contribution in [0.5, 0.6) is 5.75 Å². The maximum Gasteiger partial charge on any atom is 0.240 e. The molecular weight excluding hydrogens is 362 g/mol. The third kappa shape index (κ3) is 5.95. The van der Waals surface area contributed by atoms with Gasteiger partial charge in [-0.25, -0.2) is 13.1 Å². The fourth-order valence-corrected chi connectivity index (χ4v) is 4.18. The van der Waals surface area contributed by atoms with Crippen LogP contribution < -0.4 is 15.2 Å². The molecule has 27 heavy (non-hydrogen) atoms. The van der Waals surface area contributed by atoms with Gasteiger partial charge in [-0.05, 0) is 74.3 Å². The molecule has 0 unspecified atom stereocenters. The third-order valence-corrected chi connectivity index (χ3v) is 6.15. The van der Waals surface area contributed by atoms with E-state index in [1.165, 1.54) is 25.0 Å². The van der Waals surface area contributed by atoms with Crippen LogP contribution in [0.15, 0.2) is 53.4 Å². The summed E-state index contributed by atoms with van der Waals surface area (Å²) < 4.78 is 33.0. The van der Waals surface area contributed by atoms with E-state index in [4.69, 9.17) is 10.5 Å². The van der Waals surface area contributed by atoms with Crippen LogP contribution in [0.3, 0.4) is 0 Å². The summed E-state index contributed by atoms with van der Waals surface area (Å²) >= 11 is 0. The van der Waals surface area contributed by atoms with Crippen LogP contribution in [0, 0.1) is 0 Å². The van der Waals surface area contributed by atoms with Crippen molar-refractivity contribution in [2.45, 2.75) is 24.2 Å². The minimum atomic E-state index is -3.52. The Bertz CT molecular complexity index is 832. The Morgan fingerprint density at radius 1 is 1.07 bits per heavy atom. The van der Waals surface area contributed by atoms with Crippen molar-refractivity contribution in [3.8, 4) is 5.75 Å². The zero-order valence-electron chi connectivity index (χ0n) is 15.4. The molecule has 0 bridgehead atoms. The van der Waals surface area contributed by atoms with Crippen molar-refractivity contribution in [3.05, 3.63) is 54.1 Å². The van der Waals surface area contributed by atoms with Crippen LogP contribution in [-0.2, 0) is 16.4 Å². The van der Waals surface area contributed by atoms with Crippen molar-refractivity contribution >= 4 is 15.7 Å². The molecule has 0 aliphatic carbocycles. The largest absolute Gasteiger partial charge is 0.492 e. The molecule has 3 rings (SSSR count). The van der Waals surface area contributed by atoms with Gasteiger partial charge in [0.25, 0.3) is 0 Å². The van der Waals surface area contributed by atoms with E-state index >= 15 is 0 Å². The molecule has 6 nitrogen and oxygen atoms in total. The number of likely N-dealkylation sites (tertiary alicyclic amines) is 1. The van der Waals surface area contributed by atoms with Gasteiger partial charge in [-0.2, -0.15) is 0 Å². The average molecular weight is 390 g/mol. The summed E-state index contributed by atoms with van der Waals surface area (Å²) in [7, 11) is -3.52. The maximum atomic E-state index is 12.3. The standard InChI is InChI=1S/C20H27N3O3S/c21-18-6-8-20(9-7-18)27(24,25)22-11-10-17-4-3-5-19(16-17)26-15-14-23-12-1-2-13-23/h3-9,16,22H,1-2,10-15,21H2. The lowest BCUT2D eigenvalue weighted by Gasteiger charge is -2.15. The van der Waals surface area contributed by atoms with Gasteiger partial charge in [0.15, 0.2) is 0 Å². The minimum absolute atomic E-state index is 0.218. The molecule has 0 spiro atoms. The zero-order chi connectivity index (χ0) is 19.1. The topological polar surface area (TPSA) is 84.7 Å².